The Labute approximate surface area is 176 Å². The maximum absolute atomic E-state index is 11.9. The van der Waals surface area contributed by atoms with Gasteiger partial charge >= 0.3 is 23.5 Å². The van der Waals surface area contributed by atoms with Crippen molar-refractivity contribution >= 4 is 52.2 Å². The summed E-state index contributed by atoms with van der Waals surface area (Å²) in [6.07, 6.45) is -1.97. The quantitative estimate of drug-likeness (QED) is 0.250. The zero-order chi connectivity index (χ0) is 22.8. The number of rotatable bonds is 7. The van der Waals surface area contributed by atoms with E-state index in [1.54, 1.807) is 4.57 Å². The molecule has 21 heteroatoms. The standard InChI is InChI=1S/C10H14N5O12P3S/c11-7-4-8(13-2-12-7)15-9-6(31-10(15)14-4)5(16)3(25-9)1-24-29(20,21)27-30(22,23)26-28(17,18)19/h2-3,5-6,9,16H,1H2,(H,20,21)(H,22,23)(H2,11,12,13)(H2,17,18,19)/t3-,5+,6+,9-/m1/s1. The molecule has 2 aromatic heterocycles. The van der Waals surface area contributed by atoms with E-state index in [1.165, 1.54) is 6.33 Å². The summed E-state index contributed by atoms with van der Waals surface area (Å²) in [6, 6.07) is 0. The fourth-order valence-corrected chi connectivity index (χ4v) is 7.34. The van der Waals surface area contributed by atoms with E-state index in [9.17, 15) is 23.7 Å². The number of nitrogens with zero attached hydrogens (tertiary/aromatic N) is 4. The summed E-state index contributed by atoms with van der Waals surface area (Å²) in [7, 11) is -16.5. The Bertz CT molecular complexity index is 1170. The van der Waals surface area contributed by atoms with E-state index in [2.05, 4.69) is 28.1 Å². The van der Waals surface area contributed by atoms with Crippen LogP contribution in [0.2, 0.25) is 0 Å². The molecule has 0 aromatic carbocycles. The normalized spacial score (nSPS) is 29.5. The van der Waals surface area contributed by atoms with Gasteiger partial charge < -0.3 is 35.2 Å². The van der Waals surface area contributed by atoms with E-state index >= 15 is 0 Å². The van der Waals surface area contributed by atoms with Gasteiger partial charge in [-0.15, -0.1) is 0 Å². The molecule has 0 radical (unpaired) electrons. The minimum Gasteiger partial charge on any atom is -0.389 e. The third-order valence-corrected chi connectivity index (χ3v) is 9.18. The summed E-state index contributed by atoms with van der Waals surface area (Å²) < 4.78 is 52.9. The number of nitrogen functional groups attached to an aromatic ring is 1. The Balaban J connectivity index is 1.45. The smallest absolute Gasteiger partial charge is 0.389 e. The van der Waals surface area contributed by atoms with Crippen LogP contribution in [-0.4, -0.2) is 68.3 Å². The molecule has 0 saturated carbocycles. The first kappa shape index (κ1) is 23.2. The van der Waals surface area contributed by atoms with E-state index < -0.39 is 53.8 Å². The molecule has 0 amide bonds. The Morgan fingerprint density at radius 3 is 2.55 bits per heavy atom. The highest BCUT2D eigenvalue weighted by molar-refractivity contribution is 8.00. The molecule has 0 aliphatic carbocycles. The van der Waals surface area contributed by atoms with Crippen LogP contribution in [0, 0.1) is 0 Å². The summed E-state index contributed by atoms with van der Waals surface area (Å²) in [5, 5.41) is 10.4. The van der Waals surface area contributed by atoms with Crippen LogP contribution in [0.5, 0.6) is 0 Å². The van der Waals surface area contributed by atoms with Gasteiger partial charge in [-0.3, -0.25) is 9.09 Å². The fourth-order valence-electron chi connectivity index (χ4n) is 3.00. The molecule has 4 heterocycles. The molecule has 7 N–H and O–H groups in total. The van der Waals surface area contributed by atoms with Crippen molar-refractivity contribution in [2.75, 3.05) is 12.3 Å². The third kappa shape index (κ3) is 4.72. The Hall–Kier alpha value is -0.970. The molecule has 2 unspecified atom stereocenters. The molecular formula is C10H14N5O12P3S. The summed E-state index contributed by atoms with van der Waals surface area (Å²) in [6.45, 7) is -0.780. The van der Waals surface area contributed by atoms with E-state index in [0.29, 0.717) is 16.3 Å². The van der Waals surface area contributed by atoms with Crippen molar-refractivity contribution in [1.82, 2.24) is 19.5 Å². The fraction of sp³-hybridized carbons (Fsp3) is 0.500. The van der Waals surface area contributed by atoms with Gasteiger partial charge in [-0.05, 0) is 0 Å². The first-order valence-electron chi connectivity index (χ1n) is 8.03. The Morgan fingerprint density at radius 1 is 1.16 bits per heavy atom. The molecule has 31 heavy (non-hydrogen) atoms. The maximum atomic E-state index is 11.9. The number of phosphoric acid groups is 3. The van der Waals surface area contributed by atoms with Gasteiger partial charge in [0.2, 0.25) is 0 Å². The number of anilines is 1. The molecule has 2 aliphatic rings. The van der Waals surface area contributed by atoms with E-state index in [4.69, 9.17) is 25.2 Å². The lowest BCUT2D eigenvalue weighted by Gasteiger charge is -2.19. The number of nitrogens with two attached hydrogens (primary N) is 1. The van der Waals surface area contributed by atoms with Gasteiger partial charge in [0.15, 0.2) is 28.4 Å². The van der Waals surface area contributed by atoms with Crippen LogP contribution in [0.25, 0.3) is 11.2 Å². The van der Waals surface area contributed by atoms with Crippen LogP contribution < -0.4 is 5.73 Å². The van der Waals surface area contributed by atoms with Crippen molar-refractivity contribution in [1.29, 1.82) is 0 Å². The van der Waals surface area contributed by atoms with Crippen molar-refractivity contribution in [3.63, 3.8) is 0 Å². The molecular weight excluding hydrogens is 507 g/mol. The second-order valence-electron chi connectivity index (χ2n) is 6.22. The first-order valence-corrected chi connectivity index (χ1v) is 13.4. The molecule has 17 nitrogen and oxygen atoms in total. The Morgan fingerprint density at radius 2 is 1.87 bits per heavy atom. The molecule has 2 aromatic rings. The van der Waals surface area contributed by atoms with Crippen LogP contribution in [-0.2, 0) is 31.6 Å². The topological polar surface area (TPSA) is 259 Å². The number of aliphatic hydroxyl groups excluding tert-OH is 1. The number of imidazole rings is 1. The third-order valence-electron chi connectivity index (χ3n) is 4.10. The number of fused-ring (bicyclic) bond motifs is 5. The largest absolute Gasteiger partial charge is 0.490 e. The van der Waals surface area contributed by atoms with Crippen molar-refractivity contribution in [2.24, 2.45) is 0 Å². The number of ether oxygens (including phenoxy) is 1. The lowest BCUT2D eigenvalue weighted by molar-refractivity contribution is -0.0439. The van der Waals surface area contributed by atoms with E-state index in [0.717, 1.165) is 11.8 Å². The predicted molar refractivity (Wildman–Crippen MR) is 99.1 cm³/mol. The number of aliphatic hydroxyl groups is 1. The van der Waals surface area contributed by atoms with Gasteiger partial charge in [0.1, 0.15) is 12.4 Å². The SMILES string of the molecule is Nc1ncnc2c1nc1n2[C@@H]2O[C@H](COP(=O)(O)OP(=O)(O)OP(=O)(O)O)[C@H](O)[C@@H]2S1. The number of aromatic nitrogens is 4. The molecule has 172 valence electrons. The average molecular weight is 521 g/mol. The van der Waals surface area contributed by atoms with Crippen molar-refractivity contribution < 1.29 is 56.3 Å². The molecule has 0 bridgehead atoms. The second-order valence-corrected chi connectivity index (χ2v) is 11.8. The average Bonchev–Trinajstić information content (AvgIpc) is 3.20. The number of hydrogen-bond acceptors (Lipinski definition) is 13. The molecule has 2 aliphatic heterocycles. The summed E-state index contributed by atoms with van der Waals surface area (Å²) in [5.74, 6) is 0.145. The van der Waals surface area contributed by atoms with Crippen LogP contribution in [0.3, 0.4) is 0 Å². The lowest BCUT2D eigenvalue weighted by atomic mass is 10.2. The minimum absolute atomic E-state index is 0.145. The highest BCUT2D eigenvalue weighted by Crippen LogP contribution is 2.66. The van der Waals surface area contributed by atoms with Crippen LogP contribution >= 0.6 is 35.2 Å². The van der Waals surface area contributed by atoms with Crippen molar-refractivity contribution in [2.45, 2.75) is 28.8 Å². The first-order chi connectivity index (χ1) is 14.3. The highest BCUT2D eigenvalue weighted by atomic mass is 32.2. The minimum atomic E-state index is -5.65. The van der Waals surface area contributed by atoms with Crippen LogP contribution in [0.1, 0.15) is 6.23 Å². The van der Waals surface area contributed by atoms with Crippen LogP contribution in [0.15, 0.2) is 11.5 Å². The van der Waals surface area contributed by atoms with Gasteiger partial charge in [-0.25, -0.2) is 28.6 Å². The predicted octanol–water partition coefficient (Wildman–Crippen LogP) is -0.516. The second kappa shape index (κ2) is 7.81. The Kier molecular flexibility index (Phi) is 5.85. The van der Waals surface area contributed by atoms with Crippen molar-refractivity contribution in [3.8, 4) is 0 Å². The van der Waals surface area contributed by atoms with Crippen molar-refractivity contribution in [3.05, 3.63) is 6.33 Å². The van der Waals surface area contributed by atoms with Gasteiger partial charge in [0, 0.05) is 0 Å². The summed E-state index contributed by atoms with van der Waals surface area (Å²) >= 11 is 1.15. The molecule has 6 atom stereocenters. The van der Waals surface area contributed by atoms with Gasteiger partial charge in [0.25, 0.3) is 0 Å². The maximum Gasteiger partial charge on any atom is 0.490 e. The zero-order valence-electron chi connectivity index (χ0n) is 14.8. The molecule has 4 rings (SSSR count). The number of hydrogen-bond donors (Lipinski definition) is 6. The highest BCUT2D eigenvalue weighted by Gasteiger charge is 2.52. The number of phosphoric ester groups is 1. The molecule has 0 spiro atoms. The summed E-state index contributed by atoms with van der Waals surface area (Å²) in [4.78, 5) is 48.0. The lowest BCUT2D eigenvalue weighted by Crippen LogP contribution is -2.31. The zero-order valence-corrected chi connectivity index (χ0v) is 18.3. The van der Waals surface area contributed by atoms with Gasteiger partial charge in [0.05, 0.1) is 18.0 Å². The molecule has 1 fully saturated rings. The van der Waals surface area contributed by atoms with Crippen LogP contribution in [0.4, 0.5) is 5.82 Å². The van der Waals surface area contributed by atoms with Gasteiger partial charge in [-0.1, -0.05) is 11.8 Å². The van der Waals surface area contributed by atoms with Gasteiger partial charge in [-0.2, -0.15) is 8.62 Å². The summed E-state index contributed by atoms with van der Waals surface area (Å²) in [5.41, 5.74) is 6.45. The van der Waals surface area contributed by atoms with E-state index in [1.807, 2.05) is 0 Å². The molecule has 1 saturated heterocycles. The van der Waals surface area contributed by atoms with E-state index in [-0.39, 0.29) is 5.82 Å². The monoisotopic (exact) mass is 521 g/mol. The number of thioether (sulfide) groups is 1.